The summed E-state index contributed by atoms with van der Waals surface area (Å²) >= 11 is 1.98. The summed E-state index contributed by atoms with van der Waals surface area (Å²) in [4.78, 5) is 44.6. The predicted molar refractivity (Wildman–Crippen MR) is 93.1 cm³/mol. The second kappa shape index (κ2) is 6.80. The minimum Gasteiger partial charge on any atom is -0.329 e. The van der Waals surface area contributed by atoms with Gasteiger partial charge in [0, 0.05) is 11.8 Å². The molecule has 0 radical (unpaired) electrons. The number of piperidine rings is 1. The summed E-state index contributed by atoms with van der Waals surface area (Å²) in [5.74, 6) is 0.532. The Morgan fingerprint density at radius 3 is 2.24 bits per heavy atom. The van der Waals surface area contributed by atoms with Gasteiger partial charge < -0.3 is 4.84 Å². The number of thioether (sulfide) groups is 1. The fourth-order valence-electron chi connectivity index (χ4n) is 3.72. The molecule has 25 heavy (non-hydrogen) atoms. The van der Waals surface area contributed by atoms with Crippen LogP contribution in [0.15, 0.2) is 24.3 Å². The van der Waals surface area contributed by atoms with Crippen LogP contribution in [0.5, 0.6) is 0 Å². The molecule has 0 N–H and O–H groups in total. The number of amides is 2. The molecule has 0 bridgehead atoms. The Labute approximate surface area is 150 Å². The van der Waals surface area contributed by atoms with Gasteiger partial charge in [0.2, 0.25) is 0 Å². The lowest BCUT2D eigenvalue weighted by Crippen LogP contribution is -2.44. The number of hydrogen-bond acceptors (Lipinski definition) is 6. The van der Waals surface area contributed by atoms with Crippen LogP contribution >= 0.6 is 11.8 Å². The molecule has 3 heterocycles. The zero-order chi connectivity index (χ0) is 17.4. The number of hydroxylamine groups is 2. The molecule has 0 spiro atoms. The number of benzene rings is 1. The van der Waals surface area contributed by atoms with Crippen molar-refractivity contribution in [3.8, 4) is 0 Å². The number of fused-ring (bicyclic) bond motifs is 1. The first-order valence-electron chi connectivity index (χ1n) is 8.66. The van der Waals surface area contributed by atoms with E-state index in [1.54, 1.807) is 24.3 Å². The van der Waals surface area contributed by atoms with Gasteiger partial charge in [-0.3, -0.25) is 14.5 Å². The molecular weight excluding hydrogens is 340 g/mol. The van der Waals surface area contributed by atoms with Crippen LogP contribution < -0.4 is 0 Å². The third-order valence-corrected chi connectivity index (χ3v) is 6.37. The SMILES string of the molecule is O=C(ON1C(=O)c2ccccc2C1=O)C1CCN(C2CCSC2)CC1. The number of hydrogen-bond donors (Lipinski definition) is 0. The van der Waals surface area contributed by atoms with Crippen molar-refractivity contribution in [2.24, 2.45) is 5.92 Å². The molecule has 7 heteroatoms. The highest BCUT2D eigenvalue weighted by Crippen LogP contribution is 2.28. The second-order valence-electron chi connectivity index (χ2n) is 6.69. The Bertz CT molecular complexity index is 674. The average molecular weight is 360 g/mol. The Balaban J connectivity index is 1.35. The van der Waals surface area contributed by atoms with E-state index in [0.717, 1.165) is 13.1 Å². The van der Waals surface area contributed by atoms with Crippen molar-refractivity contribution in [2.45, 2.75) is 25.3 Å². The van der Waals surface area contributed by atoms with Crippen LogP contribution in [0.2, 0.25) is 0 Å². The lowest BCUT2D eigenvalue weighted by atomic mass is 9.96. The first-order valence-corrected chi connectivity index (χ1v) is 9.82. The van der Waals surface area contributed by atoms with Crippen molar-refractivity contribution in [3.63, 3.8) is 0 Å². The molecule has 3 aliphatic rings. The highest BCUT2D eigenvalue weighted by atomic mass is 32.2. The largest absolute Gasteiger partial charge is 0.336 e. The number of carbonyl (C=O) groups excluding carboxylic acids is 3. The van der Waals surface area contributed by atoms with Crippen molar-refractivity contribution in [1.29, 1.82) is 0 Å². The number of imide groups is 1. The zero-order valence-corrected chi connectivity index (χ0v) is 14.7. The van der Waals surface area contributed by atoms with Crippen LogP contribution in [-0.4, -0.2) is 58.4 Å². The van der Waals surface area contributed by atoms with Crippen molar-refractivity contribution in [2.75, 3.05) is 24.6 Å². The van der Waals surface area contributed by atoms with E-state index >= 15 is 0 Å². The molecule has 132 valence electrons. The zero-order valence-electron chi connectivity index (χ0n) is 13.8. The van der Waals surface area contributed by atoms with Crippen LogP contribution in [0.1, 0.15) is 40.0 Å². The number of carbonyl (C=O) groups is 3. The van der Waals surface area contributed by atoms with Gasteiger partial charge >= 0.3 is 5.97 Å². The summed E-state index contributed by atoms with van der Waals surface area (Å²) < 4.78 is 0. The minimum absolute atomic E-state index is 0.255. The van der Waals surface area contributed by atoms with E-state index in [-0.39, 0.29) is 17.0 Å². The van der Waals surface area contributed by atoms with E-state index in [1.807, 2.05) is 11.8 Å². The lowest BCUT2D eigenvalue weighted by molar-refractivity contribution is -0.175. The first-order chi connectivity index (χ1) is 12.1. The van der Waals surface area contributed by atoms with Gasteiger partial charge in [-0.25, -0.2) is 4.79 Å². The van der Waals surface area contributed by atoms with Crippen LogP contribution in [0.3, 0.4) is 0 Å². The molecule has 3 aliphatic heterocycles. The molecule has 0 saturated carbocycles. The monoisotopic (exact) mass is 360 g/mol. The first kappa shape index (κ1) is 16.6. The number of rotatable bonds is 3. The average Bonchev–Trinajstić information content (AvgIpc) is 3.26. The molecule has 6 nitrogen and oxygen atoms in total. The van der Waals surface area contributed by atoms with Crippen LogP contribution in [0.25, 0.3) is 0 Å². The smallest absolute Gasteiger partial charge is 0.329 e. The van der Waals surface area contributed by atoms with E-state index in [4.69, 9.17) is 4.84 Å². The van der Waals surface area contributed by atoms with Gasteiger partial charge in [-0.1, -0.05) is 17.2 Å². The molecule has 1 atom stereocenters. The summed E-state index contributed by atoms with van der Waals surface area (Å²) in [7, 11) is 0. The molecule has 1 unspecified atom stereocenters. The Kier molecular flexibility index (Phi) is 4.52. The molecule has 2 saturated heterocycles. The molecule has 2 fully saturated rings. The van der Waals surface area contributed by atoms with Gasteiger partial charge in [0.05, 0.1) is 17.0 Å². The highest BCUT2D eigenvalue weighted by Gasteiger charge is 2.40. The summed E-state index contributed by atoms with van der Waals surface area (Å²) in [6.45, 7) is 1.74. The van der Waals surface area contributed by atoms with E-state index in [2.05, 4.69) is 4.90 Å². The van der Waals surface area contributed by atoms with Crippen LogP contribution in [0, 0.1) is 5.92 Å². The fraction of sp³-hybridized carbons (Fsp3) is 0.500. The maximum absolute atomic E-state index is 12.4. The molecule has 0 aromatic heterocycles. The standard InChI is InChI=1S/C18H20N2O4S/c21-16-14-3-1-2-4-15(14)17(22)20(16)24-18(23)12-5-8-19(9-6-12)13-7-10-25-11-13/h1-4,12-13H,5-11H2. The molecular formula is C18H20N2O4S. The van der Waals surface area contributed by atoms with Gasteiger partial charge in [-0.2, -0.15) is 11.8 Å². The second-order valence-corrected chi connectivity index (χ2v) is 7.84. The van der Waals surface area contributed by atoms with Gasteiger partial charge in [0.25, 0.3) is 11.8 Å². The van der Waals surface area contributed by atoms with E-state index < -0.39 is 17.8 Å². The molecule has 4 rings (SSSR count). The third kappa shape index (κ3) is 3.06. The molecule has 1 aromatic rings. The van der Waals surface area contributed by atoms with Crippen molar-refractivity contribution in [1.82, 2.24) is 9.96 Å². The van der Waals surface area contributed by atoms with E-state index in [1.165, 1.54) is 17.9 Å². The third-order valence-electron chi connectivity index (χ3n) is 5.22. The lowest BCUT2D eigenvalue weighted by Gasteiger charge is -2.34. The molecule has 2 amide bonds. The summed E-state index contributed by atoms with van der Waals surface area (Å²) in [6, 6.07) is 7.14. The van der Waals surface area contributed by atoms with E-state index in [0.29, 0.717) is 23.9 Å². The van der Waals surface area contributed by atoms with Crippen LogP contribution in [0.4, 0.5) is 0 Å². The minimum atomic E-state index is -0.561. The fourth-order valence-corrected chi connectivity index (χ4v) is 4.98. The van der Waals surface area contributed by atoms with Gasteiger partial charge in [-0.05, 0) is 50.2 Å². The maximum atomic E-state index is 12.4. The quantitative estimate of drug-likeness (QED) is 0.768. The topological polar surface area (TPSA) is 66.9 Å². The summed E-state index contributed by atoms with van der Waals surface area (Å²) in [5, 5.41) is 0.618. The van der Waals surface area contributed by atoms with Crippen molar-refractivity contribution < 1.29 is 19.2 Å². The highest BCUT2D eigenvalue weighted by molar-refractivity contribution is 7.99. The molecule has 0 aliphatic carbocycles. The van der Waals surface area contributed by atoms with Crippen molar-refractivity contribution >= 4 is 29.5 Å². The predicted octanol–water partition coefficient (Wildman–Crippen LogP) is 1.96. The van der Waals surface area contributed by atoms with Gasteiger partial charge in [-0.15, -0.1) is 0 Å². The molecule has 1 aromatic carbocycles. The van der Waals surface area contributed by atoms with Crippen molar-refractivity contribution in [3.05, 3.63) is 35.4 Å². The Hall–Kier alpha value is -1.86. The summed E-state index contributed by atoms with van der Waals surface area (Å²) in [5.41, 5.74) is 0.572. The maximum Gasteiger partial charge on any atom is 0.336 e. The van der Waals surface area contributed by atoms with Gasteiger partial charge in [0.1, 0.15) is 0 Å². The van der Waals surface area contributed by atoms with Crippen LogP contribution in [-0.2, 0) is 9.63 Å². The normalized spacial score (nSPS) is 24.6. The Morgan fingerprint density at radius 2 is 1.68 bits per heavy atom. The summed E-state index contributed by atoms with van der Waals surface area (Å²) in [6.07, 6.45) is 2.64. The number of nitrogens with zero attached hydrogens (tertiary/aromatic N) is 2. The number of likely N-dealkylation sites (tertiary alicyclic amines) is 1. The Morgan fingerprint density at radius 1 is 1.04 bits per heavy atom. The van der Waals surface area contributed by atoms with E-state index in [9.17, 15) is 14.4 Å². The van der Waals surface area contributed by atoms with Gasteiger partial charge in [0.15, 0.2) is 0 Å².